The molecule has 0 radical (unpaired) electrons. The molecule has 2 aromatic rings. The van der Waals surface area contributed by atoms with Gasteiger partial charge in [-0.05, 0) is 24.6 Å². The molecule has 0 aliphatic rings. The second-order valence-corrected chi connectivity index (χ2v) is 5.48. The summed E-state index contributed by atoms with van der Waals surface area (Å²) in [5, 5.41) is 7.81. The van der Waals surface area contributed by atoms with Gasteiger partial charge in [0.15, 0.2) is 5.75 Å². The molecule has 1 aromatic heterocycles. The molecule has 1 heterocycles. The van der Waals surface area contributed by atoms with Crippen LogP contribution in [-0.4, -0.2) is 23.4 Å². The molecule has 4 nitrogen and oxygen atoms in total. The zero-order valence-corrected chi connectivity index (χ0v) is 13.6. The van der Waals surface area contributed by atoms with Gasteiger partial charge in [0.1, 0.15) is 0 Å². The second kappa shape index (κ2) is 6.90. The van der Waals surface area contributed by atoms with E-state index < -0.39 is 0 Å². The fourth-order valence-electron chi connectivity index (χ4n) is 2.38. The molecular formula is C15H20BrN3O. The van der Waals surface area contributed by atoms with Gasteiger partial charge in [0.2, 0.25) is 0 Å². The van der Waals surface area contributed by atoms with Crippen molar-refractivity contribution in [3.63, 3.8) is 0 Å². The fraction of sp³-hybridized carbons (Fsp3) is 0.400. The fourth-order valence-corrected chi connectivity index (χ4v) is 2.82. The van der Waals surface area contributed by atoms with E-state index in [1.807, 2.05) is 17.8 Å². The van der Waals surface area contributed by atoms with Crippen molar-refractivity contribution in [1.82, 2.24) is 15.1 Å². The first-order valence-corrected chi connectivity index (χ1v) is 7.49. The van der Waals surface area contributed by atoms with Gasteiger partial charge in [-0.1, -0.05) is 41.1 Å². The van der Waals surface area contributed by atoms with Crippen LogP contribution in [0.2, 0.25) is 0 Å². The third-order valence-electron chi connectivity index (χ3n) is 3.33. The number of aromatic nitrogens is 2. The van der Waals surface area contributed by atoms with Gasteiger partial charge in [0.25, 0.3) is 0 Å². The van der Waals surface area contributed by atoms with Crippen molar-refractivity contribution < 1.29 is 4.74 Å². The number of hydrogen-bond acceptors (Lipinski definition) is 3. The maximum Gasteiger partial charge on any atom is 0.161 e. The Kier molecular flexibility index (Phi) is 5.20. The van der Waals surface area contributed by atoms with Crippen molar-refractivity contribution in [2.24, 2.45) is 7.05 Å². The zero-order chi connectivity index (χ0) is 14.5. The molecule has 0 spiro atoms. The molecule has 108 valence electrons. The Balaban J connectivity index is 2.32. The number of nitrogens with zero attached hydrogens (tertiary/aromatic N) is 2. The minimum absolute atomic E-state index is 0.168. The summed E-state index contributed by atoms with van der Waals surface area (Å²) in [6, 6.07) is 8.46. The normalized spacial score (nSPS) is 12.4. The van der Waals surface area contributed by atoms with Gasteiger partial charge >= 0.3 is 0 Å². The number of ether oxygens (including phenoxy) is 1. The van der Waals surface area contributed by atoms with Gasteiger partial charge in [-0.3, -0.25) is 4.68 Å². The summed E-state index contributed by atoms with van der Waals surface area (Å²) in [6.07, 6.45) is 2.64. The van der Waals surface area contributed by atoms with Gasteiger partial charge in [-0.15, -0.1) is 0 Å². The number of likely N-dealkylation sites (N-methyl/N-ethyl adjacent to an activating group) is 1. The van der Waals surface area contributed by atoms with E-state index in [0.717, 1.165) is 28.9 Å². The van der Waals surface area contributed by atoms with Crippen LogP contribution in [0, 0.1) is 0 Å². The summed E-state index contributed by atoms with van der Waals surface area (Å²) in [5.74, 6) is 0.825. The summed E-state index contributed by atoms with van der Waals surface area (Å²) in [5.41, 5.74) is 2.34. The first-order valence-electron chi connectivity index (χ1n) is 6.70. The van der Waals surface area contributed by atoms with Crippen molar-refractivity contribution in [2.45, 2.75) is 19.4 Å². The van der Waals surface area contributed by atoms with Crippen LogP contribution < -0.4 is 10.1 Å². The van der Waals surface area contributed by atoms with Crippen LogP contribution in [0.3, 0.4) is 0 Å². The molecule has 5 heteroatoms. The zero-order valence-electron chi connectivity index (χ0n) is 12.1. The van der Waals surface area contributed by atoms with E-state index >= 15 is 0 Å². The molecule has 0 aliphatic heterocycles. The van der Waals surface area contributed by atoms with E-state index in [9.17, 15) is 0 Å². The molecule has 1 N–H and O–H groups in total. The molecule has 0 amide bonds. The number of methoxy groups -OCH3 is 1. The van der Waals surface area contributed by atoms with Crippen molar-refractivity contribution in [3.8, 4) is 5.75 Å². The minimum atomic E-state index is 0.168. The van der Waals surface area contributed by atoms with E-state index in [2.05, 4.69) is 51.5 Å². The summed E-state index contributed by atoms with van der Waals surface area (Å²) in [7, 11) is 3.63. The van der Waals surface area contributed by atoms with Gasteiger partial charge in [-0.2, -0.15) is 5.10 Å². The lowest BCUT2D eigenvalue weighted by atomic mass is 10.0. The SMILES string of the molecule is CCNC(Cc1ccccc1Br)c1c(OC)cnn1C. The number of hydrogen-bond donors (Lipinski definition) is 1. The monoisotopic (exact) mass is 337 g/mol. The van der Waals surface area contributed by atoms with Crippen LogP contribution in [0.5, 0.6) is 5.75 Å². The highest BCUT2D eigenvalue weighted by molar-refractivity contribution is 9.10. The van der Waals surface area contributed by atoms with Gasteiger partial charge < -0.3 is 10.1 Å². The van der Waals surface area contributed by atoms with Crippen LogP contribution in [0.15, 0.2) is 34.9 Å². The molecule has 0 saturated heterocycles. The van der Waals surface area contributed by atoms with Gasteiger partial charge in [-0.25, -0.2) is 0 Å². The van der Waals surface area contributed by atoms with Crippen LogP contribution in [0.4, 0.5) is 0 Å². The number of benzene rings is 1. The molecule has 20 heavy (non-hydrogen) atoms. The minimum Gasteiger partial charge on any atom is -0.493 e. The van der Waals surface area contributed by atoms with Crippen molar-refractivity contribution in [1.29, 1.82) is 0 Å². The summed E-state index contributed by atoms with van der Waals surface area (Å²) >= 11 is 3.61. The Labute approximate surface area is 128 Å². The Morgan fingerprint density at radius 3 is 2.80 bits per heavy atom. The predicted octanol–water partition coefficient (Wildman–Crippen LogP) is 3.08. The van der Waals surface area contributed by atoms with Crippen molar-refractivity contribution in [2.75, 3.05) is 13.7 Å². The lowest BCUT2D eigenvalue weighted by Gasteiger charge is -2.20. The average Bonchev–Trinajstić information content (AvgIpc) is 2.81. The van der Waals surface area contributed by atoms with Crippen molar-refractivity contribution >= 4 is 15.9 Å². The molecular weight excluding hydrogens is 318 g/mol. The molecule has 1 unspecified atom stereocenters. The van der Waals surface area contributed by atoms with Crippen LogP contribution in [0.25, 0.3) is 0 Å². The lowest BCUT2D eigenvalue weighted by molar-refractivity contribution is 0.394. The second-order valence-electron chi connectivity index (χ2n) is 4.63. The van der Waals surface area contributed by atoms with E-state index in [1.54, 1.807) is 13.3 Å². The number of nitrogens with one attached hydrogen (secondary N) is 1. The largest absolute Gasteiger partial charge is 0.493 e. The molecule has 1 aromatic carbocycles. The number of halogens is 1. The average molecular weight is 338 g/mol. The van der Waals surface area contributed by atoms with Crippen LogP contribution in [0.1, 0.15) is 24.2 Å². The Morgan fingerprint density at radius 2 is 2.15 bits per heavy atom. The third-order valence-corrected chi connectivity index (χ3v) is 4.11. The molecule has 0 fully saturated rings. The molecule has 0 bridgehead atoms. The van der Waals surface area contributed by atoms with Crippen LogP contribution >= 0.6 is 15.9 Å². The maximum absolute atomic E-state index is 5.43. The predicted molar refractivity (Wildman–Crippen MR) is 84.0 cm³/mol. The summed E-state index contributed by atoms with van der Waals surface area (Å²) in [6.45, 7) is 3.00. The highest BCUT2D eigenvalue weighted by Gasteiger charge is 2.21. The number of aryl methyl sites for hydroxylation is 1. The molecule has 0 saturated carbocycles. The summed E-state index contributed by atoms with van der Waals surface area (Å²) < 4.78 is 8.43. The molecule has 2 rings (SSSR count). The Hall–Kier alpha value is -1.33. The summed E-state index contributed by atoms with van der Waals surface area (Å²) in [4.78, 5) is 0. The Bertz CT molecular complexity index is 568. The lowest BCUT2D eigenvalue weighted by Crippen LogP contribution is -2.25. The van der Waals surface area contributed by atoms with Crippen molar-refractivity contribution in [3.05, 3.63) is 46.2 Å². The third kappa shape index (κ3) is 3.22. The quantitative estimate of drug-likeness (QED) is 0.880. The van der Waals surface area contributed by atoms with Crippen LogP contribution in [-0.2, 0) is 13.5 Å². The highest BCUT2D eigenvalue weighted by atomic mass is 79.9. The first-order chi connectivity index (χ1) is 9.67. The smallest absolute Gasteiger partial charge is 0.161 e. The Morgan fingerprint density at radius 1 is 1.40 bits per heavy atom. The standard InChI is InChI=1S/C15H20BrN3O/c1-4-17-13(9-11-7-5-6-8-12(11)16)15-14(20-3)10-18-19(15)2/h5-8,10,13,17H,4,9H2,1-3H3. The number of rotatable bonds is 6. The maximum atomic E-state index is 5.43. The first kappa shape index (κ1) is 15.1. The van der Waals surface area contributed by atoms with E-state index in [0.29, 0.717) is 0 Å². The van der Waals surface area contributed by atoms with Gasteiger partial charge in [0, 0.05) is 11.5 Å². The van der Waals surface area contributed by atoms with E-state index in [4.69, 9.17) is 4.74 Å². The highest BCUT2D eigenvalue weighted by Crippen LogP contribution is 2.29. The van der Waals surface area contributed by atoms with E-state index in [-0.39, 0.29) is 6.04 Å². The molecule has 0 aliphatic carbocycles. The van der Waals surface area contributed by atoms with E-state index in [1.165, 1.54) is 5.56 Å². The van der Waals surface area contributed by atoms with Gasteiger partial charge in [0.05, 0.1) is 25.0 Å². The topological polar surface area (TPSA) is 39.1 Å². The molecule has 1 atom stereocenters.